The van der Waals surface area contributed by atoms with Crippen molar-refractivity contribution in [2.75, 3.05) is 0 Å². The van der Waals surface area contributed by atoms with Crippen LogP contribution in [0.3, 0.4) is 0 Å². The first-order valence-corrected chi connectivity index (χ1v) is 8.57. The zero-order chi connectivity index (χ0) is 16.2. The second kappa shape index (κ2) is 7.08. The van der Waals surface area contributed by atoms with E-state index in [1.54, 1.807) is 6.07 Å². The van der Waals surface area contributed by atoms with E-state index in [-0.39, 0.29) is 17.9 Å². The molecule has 1 aliphatic carbocycles. The smallest absolute Gasteiger partial charge is 0.262 e. The van der Waals surface area contributed by atoms with Crippen molar-refractivity contribution in [2.24, 2.45) is 0 Å². The van der Waals surface area contributed by atoms with Crippen LogP contribution in [0, 0.1) is 4.77 Å². The van der Waals surface area contributed by atoms with Crippen molar-refractivity contribution in [1.82, 2.24) is 14.9 Å². The topological polar surface area (TPSA) is 66.9 Å². The van der Waals surface area contributed by atoms with E-state index in [0.717, 1.165) is 18.4 Å². The maximum Gasteiger partial charge on any atom is 0.262 e. The van der Waals surface area contributed by atoms with Gasteiger partial charge in [-0.15, -0.1) is 0 Å². The first-order valence-electron chi connectivity index (χ1n) is 8.16. The lowest BCUT2D eigenvalue weighted by Crippen LogP contribution is -2.37. The number of hydrogen-bond donors (Lipinski definition) is 2. The molecule has 2 aromatic rings. The highest BCUT2D eigenvalue weighted by Crippen LogP contribution is 2.17. The Balaban J connectivity index is 1.70. The van der Waals surface area contributed by atoms with Crippen molar-refractivity contribution in [1.29, 1.82) is 0 Å². The number of H-pyrrole nitrogens is 1. The zero-order valence-corrected chi connectivity index (χ0v) is 13.8. The summed E-state index contributed by atoms with van der Waals surface area (Å²) in [6.07, 6.45) is 6.00. The molecule has 0 unspecified atom stereocenters. The Kier molecular flexibility index (Phi) is 4.91. The van der Waals surface area contributed by atoms with Crippen LogP contribution >= 0.6 is 12.2 Å². The summed E-state index contributed by atoms with van der Waals surface area (Å²) in [6.45, 7) is 0.303. The number of carbonyl (C=O) groups excluding carboxylic acids is 1. The standard InChI is InChI=1S/C17H21N3O2S/c21-15(18-12-6-2-1-3-7-12)10-11-20-16(22)13-8-4-5-9-14(13)19-17(20)23/h4-5,8-9,12H,1-3,6-7,10-11H2,(H,18,21)(H,19,23). The fourth-order valence-electron chi connectivity index (χ4n) is 3.16. The molecule has 0 aliphatic heterocycles. The molecular weight excluding hydrogens is 310 g/mol. The van der Waals surface area contributed by atoms with E-state index in [1.165, 1.54) is 23.8 Å². The number of aromatic nitrogens is 2. The Hall–Kier alpha value is -1.95. The summed E-state index contributed by atoms with van der Waals surface area (Å²) in [5, 5.41) is 3.66. The first-order chi connectivity index (χ1) is 11.1. The van der Waals surface area contributed by atoms with Gasteiger partial charge in [0, 0.05) is 19.0 Å². The van der Waals surface area contributed by atoms with E-state index in [0.29, 0.717) is 22.7 Å². The molecule has 1 aromatic heterocycles. The van der Waals surface area contributed by atoms with Crippen LogP contribution in [0.15, 0.2) is 29.1 Å². The molecule has 2 N–H and O–H groups in total. The Morgan fingerprint density at radius 2 is 2.00 bits per heavy atom. The summed E-state index contributed by atoms with van der Waals surface area (Å²) in [4.78, 5) is 27.6. The SMILES string of the molecule is O=C(CCn1c(=S)[nH]c2ccccc2c1=O)NC1CCCCC1. The lowest BCUT2D eigenvalue weighted by atomic mass is 9.95. The average Bonchev–Trinajstić information content (AvgIpc) is 2.55. The number of para-hydroxylation sites is 1. The molecule has 1 saturated carbocycles. The molecule has 0 spiro atoms. The number of hydrogen-bond acceptors (Lipinski definition) is 3. The van der Waals surface area contributed by atoms with E-state index in [4.69, 9.17) is 12.2 Å². The molecule has 0 saturated heterocycles. The largest absolute Gasteiger partial charge is 0.353 e. The second-order valence-corrected chi connectivity index (χ2v) is 6.47. The molecule has 1 aliphatic rings. The third-order valence-electron chi connectivity index (χ3n) is 4.42. The highest BCUT2D eigenvalue weighted by atomic mass is 32.1. The number of aromatic amines is 1. The molecule has 23 heavy (non-hydrogen) atoms. The van der Waals surface area contributed by atoms with Crippen LogP contribution in [-0.4, -0.2) is 21.5 Å². The zero-order valence-electron chi connectivity index (χ0n) is 13.0. The Morgan fingerprint density at radius 3 is 2.78 bits per heavy atom. The number of rotatable bonds is 4. The quantitative estimate of drug-likeness (QED) is 0.847. The summed E-state index contributed by atoms with van der Waals surface area (Å²) < 4.78 is 1.83. The van der Waals surface area contributed by atoms with Gasteiger partial charge in [0.2, 0.25) is 5.91 Å². The van der Waals surface area contributed by atoms with Gasteiger partial charge in [0.1, 0.15) is 0 Å². The van der Waals surface area contributed by atoms with Gasteiger partial charge in [0.25, 0.3) is 5.56 Å². The summed E-state index contributed by atoms with van der Waals surface area (Å²) in [5.74, 6) is -0.00800. The van der Waals surface area contributed by atoms with Crippen molar-refractivity contribution < 1.29 is 4.79 Å². The van der Waals surface area contributed by atoms with Gasteiger partial charge in [-0.05, 0) is 37.2 Å². The molecule has 0 radical (unpaired) electrons. The van der Waals surface area contributed by atoms with Crippen LogP contribution in [0.4, 0.5) is 0 Å². The van der Waals surface area contributed by atoms with Crippen molar-refractivity contribution >= 4 is 29.0 Å². The van der Waals surface area contributed by atoms with Crippen LogP contribution in [-0.2, 0) is 11.3 Å². The first kappa shape index (κ1) is 15.9. The van der Waals surface area contributed by atoms with Gasteiger partial charge in [0.15, 0.2) is 4.77 Å². The maximum absolute atomic E-state index is 12.5. The minimum Gasteiger partial charge on any atom is -0.353 e. The third kappa shape index (κ3) is 3.69. The number of nitrogens with zero attached hydrogens (tertiary/aromatic N) is 1. The average molecular weight is 331 g/mol. The molecule has 5 nitrogen and oxygen atoms in total. The van der Waals surface area contributed by atoms with Crippen LogP contribution in [0.2, 0.25) is 0 Å². The van der Waals surface area contributed by atoms with E-state index in [9.17, 15) is 9.59 Å². The lowest BCUT2D eigenvalue weighted by molar-refractivity contribution is -0.122. The summed E-state index contributed by atoms with van der Waals surface area (Å²) in [5.41, 5.74) is 0.584. The summed E-state index contributed by atoms with van der Waals surface area (Å²) in [6, 6.07) is 7.56. The van der Waals surface area contributed by atoms with E-state index in [2.05, 4.69) is 10.3 Å². The van der Waals surface area contributed by atoms with Crippen LogP contribution in [0.25, 0.3) is 10.9 Å². The second-order valence-electron chi connectivity index (χ2n) is 6.08. The number of amides is 1. The van der Waals surface area contributed by atoms with Gasteiger partial charge < -0.3 is 10.3 Å². The fourth-order valence-corrected chi connectivity index (χ4v) is 3.45. The van der Waals surface area contributed by atoms with Gasteiger partial charge in [-0.3, -0.25) is 14.2 Å². The minimum atomic E-state index is -0.144. The molecule has 1 amide bonds. The number of fused-ring (bicyclic) bond motifs is 1. The normalized spacial score (nSPS) is 15.7. The van der Waals surface area contributed by atoms with E-state index in [1.807, 2.05) is 18.2 Å². The van der Waals surface area contributed by atoms with Gasteiger partial charge in [-0.2, -0.15) is 0 Å². The number of benzene rings is 1. The van der Waals surface area contributed by atoms with Crippen LogP contribution in [0.5, 0.6) is 0 Å². The summed E-state index contributed by atoms with van der Waals surface area (Å²) >= 11 is 5.26. The van der Waals surface area contributed by atoms with E-state index >= 15 is 0 Å². The van der Waals surface area contributed by atoms with Gasteiger partial charge >= 0.3 is 0 Å². The molecule has 1 heterocycles. The molecule has 1 fully saturated rings. The Bertz CT molecular complexity index is 818. The fraction of sp³-hybridized carbons (Fsp3) is 0.471. The molecule has 0 atom stereocenters. The monoisotopic (exact) mass is 331 g/mol. The molecular formula is C17H21N3O2S. The van der Waals surface area contributed by atoms with Crippen molar-refractivity contribution in [3.63, 3.8) is 0 Å². The number of nitrogens with one attached hydrogen (secondary N) is 2. The maximum atomic E-state index is 12.5. The molecule has 1 aromatic carbocycles. The van der Waals surface area contributed by atoms with Crippen molar-refractivity contribution in [3.8, 4) is 0 Å². The van der Waals surface area contributed by atoms with Gasteiger partial charge in [-0.1, -0.05) is 31.4 Å². The third-order valence-corrected chi connectivity index (χ3v) is 4.74. The highest BCUT2D eigenvalue weighted by molar-refractivity contribution is 7.71. The Labute approximate surface area is 139 Å². The van der Waals surface area contributed by atoms with Gasteiger partial charge in [0.05, 0.1) is 10.9 Å². The predicted octanol–water partition coefficient (Wildman–Crippen LogP) is 2.90. The minimum absolute atomic E-state index is 0.00800. The van der Waals surface area contributed by atoms with Crippen molar-refractivity contribution in [2.45, 2.75) is 51.1 Å². The van der Waals surface area contributed by atoms with Crippen LogP contribution in [0.1, 0.15) is 38.5 Å². The Morgan fingerprint density at radius 1 is 1.26 bits per heavy atom. The number of carbonyl (C=O) groups is 1. The highest BCUT2D eigenvalue weighted by Gasteiger charge is 2.16. The van der Waals surface area contributed by atoms with E-state index < -0.39 is 0 Å². The molecule has 0 bridgehead atoms. The summed E-state index contributed by atoms with van der Waals surface area (Å²) in [7, 11) is 0. The van der Waals surface area contributed by atoms with Gasteiger partial charge in [-0.25, -0.2) is 0 Å². The van der Waals surface area contributed by atoms with Crippen molar-refractivity contribution in [3.05, 3.63) is 39.4 Å². The molecule has 122 valence electrons. The molecule has 6 heteroatoms. The predicted molar refractivity (Wildman–Crippen MR) is 93.0 cm³/mol. The van der Waals surface area contributed by atoms with Crippen LogP contribution < -0.4 is 10.9 Å². The molecule has 3 rings (SSSR count). The lowest BCUT2D eigenvalue weighted by Gasteiger charge is -2.22.